The number of amides is 1. The van der Waals surface area contributed by atoms with Gasteiger partial charge in [0, 0.05) is 29.2 Å². The van der Waals surface area contributed by atoms with Crippen molar-refractivity contribution in [1.29, 1.82) is 0 Å². The van der Waals surface area contributed by atoms with Gasteiger partial charge in [-0.15, -0.1) is 10.2 Å². The fraction of sp³-hybridized carbons (Fsp3) is 0.346. The number of rotatable bonds is 8. The minimum Gasteiger partial charge on any atom is -0.349 e. The van der Waals surface area contributed by atoms with Crippen LogP contribution >= 0.6 is 23.2 Å². The number of benzene rings is 1. The lowest BCUT2D eigenvalue weighted by molar-refractivity contribution is -0.145. The number of halogens is 5. The minimum absolute atomic E-state index is 0.0186. The summed E-state index contributed by atoms with van der Waals surface area (Å²) in [7, 11) is -3.14. The number of hydrogen-bond donors (Lipinski definition) is 1. The van der Waals surface area contributed by atoms with E-state index in [1.54, 1.807) is 19.1 Å². The minimum atomic E-state index is -4.80. The Bertz CT molecular complexity index is 1850. The molecule has 1 fully saturated rings. The second kappa shape index (κ2) is 12.2. The van der Waals surface area contributed by atoms with E-state index in [0.717, 1.165) is 4.68 Å². The van der Waals surface area contributed by atoms with Crippen molar-refractivity contribution in [2.24, 2.45) is 0 Å². The number of nitrogens with zero attached hydrogens (tertiary/aromatic N) is 7. The average molecular weight is 671 g/mol. The normalized spacial score (nSPS) is 15.3. The number of aromatic nitrogens is 7. The Balaban J connectivity index is 1.46. The molecule has 1 aromatic carbocycles. The van der Waals surface area contributed by atoms with E-state index in [1.807, 2.05) is 0 Å². The quantitative estimate of drug-likeness (QED) is 0.277. The van der Waals surface area contributed by atoms with Crippen LogP contribution in [-0.2, 0) is 29.0 Å². The monoisotopic (exact) mass is 670 g/mol. The molecule has 1 N–H and O–H groups in total. The molecule has 1 aliphatic rings. The maximum absolute atomic E-state index is 13.8. The third-order valence-electron chi connectivity index (χ3n) is 6.90. The maximum Gasteiger partial charge on any atom is 0.455 e. The van der Waals surface area contributed by atoms with Crippen LogP contribution < -0.4 is 5.32 Å². The van der Waals surface area contributed by atoms with E-state index in [-0.39, 0.29) is 76.2 Å². The van der Waals surface area contributed by atoms with E-state index in [1.165, 1.54) is 24.4 Å². The predicted octanol–water partition coefficient (Wildman–Crippen LogP) is 3.67. The van der Waals surface area contributed by atoms with Gasteiger partial charge in [0.15, 0.2) is 11.6 Å². The van der Waals surface area contributed by atoms with Gasteiger partial charge in [-0.25, -0.2) is 18.1 Å². The number of carbonyl (C=O) groups is 2. The highest BCUT2D eigenvalue weighted by Crippen LogP contribution is 2.27. The van der Waals surface area contributed by atoms with Gasteiger partial charge in [0.1, 0.15) is 22.1 Å². The molecule has 1 aliphatic heterocycles. The Kier molecular flexibility index (Phi) is 8.77. The third-order valence-corrected chi connectivity index (χ3v) is 9.13. The molecule has 1 amide bonds. The molecule has 4 heterocycles. The van der Waals surface area contributed by atoms with Crippen LogP contribution in [-0.4, -0.2) is 72.6 Å². The number of pyridine rings is 1. The van der Waals surface area contributed by atoms with Crippen molar-refractivity contribution in [3.8, 4) is 5.82 Å². The summed E-state index contributed by atoms with van der Waals surface area (Å²) in [6, 6.07) is 7.10. The number of alkyl halides is 3. The summed E-state index contributed by atoms with van der Waals surface area (Å²) >= 11 is 12.6. The first kappa shape index (κ1) is 31.5. The first-order valence-electron chi connectivity index (χ1n) is 13.1. The standard InChI is InChI=1S/C26H23Cl2F3N8O4S/c1-14-9-15(27)10-19(24(41)33-16-4-7-44(42,43)8-5-16)18(14)12-22(40)21-11-17(13-38-36-25(34-37-38)26(29,30)31)35-39(21)23-20(28)3-2-6-32-23/h2-3,6,9-11,16H,4-5,7-8,12-13H2,1H3,(H,33,41). The molecule has 0 atom stereocenters. The number of hydrogen-bond acceptors (Lipinski definition) is 9. The first-order chi connectivity index (χ1) is 20.7. The SMILES string of the molecule is Cc1cc(Cl)cc(C(=O)NC2CCS(=O)(=O)CC2)c1CC(=O)c1cc(Cn2nnc(C(F)(F)F)n2)nn1-c1ncccc1Cl. The highest BCUT2D eigenvalue weighted by atomic mass is 35.5. The number of ketones is 1. The van der Waals surface area contributed by atoms with Gasteiger partial charge in [-0.1, -0.05) is 23.2 Å². The van der Waals surface area contributed by atoms with Crippen LogP contribution in [0.4, 0.5) is 13.2 Å². The van der Waals surface area contributed by atoms with Crippen LogP contribution in [0.15, 0.2) is 36.5 Å². The lowest BCUT2D eigenvalue weighted by Gasteiger charge is -2.24. The Hall–Kier alpha value is -3.89. The number of tetrazole rings is 1. The van der Waals surface area contributed by atoms with Crippen LogP contribution in [0.5, 0.6) is 0 Å². The van der Waals surface area contributed by atoms with Crippen molar-refractivity contribution in [3.63, 3.8) is 0 Å². The van der Waals surface area contributed by atoms with E-state index < -0.39 is 33.5 Å². The van der Waals surface area contributed by atoms with E-state index >= 15 is 0 Å². The predicted molar refractivity (Wildman–Crippen MR) is 152 cm³/mol. The summed E-state index contributed by atoms with van der Waals surface area (Å²) < 4.78 is 63.7. The van der Waals surface area contributed by atoms with Crippen LogP contribution in [0.25, 0.3) is 5.82 Å². The van der Waals surface area contributed by atoms with Crippen molar-refractivity contribution in [1.82, 2.24) is 40.3 Å². The van der Waals surface area contributed by atoms with Gasteiger partial charge in [0.2, 0.25) is 0 Å². The zero-order chi connectivity index (χ0) is 31.8. The van der Waals surface area contributed by atoms with Crippen LogP contribution in [0, 0.1) is 6.92 Å². The van der Waals surface area contributed by atoms with Crippen molar-refractivity contribution in [2.75, 3.05) is 11.5 Å². The molecule has 0 saturated carbocycles. The van der Waals surface area contributed by atoms with Gasteiger partial charge >= 0.3 is 6.18 Å². The topological polar surface area (TPSA) is 155 Å². The third kappa shape index (κ3) is 7.08. The molecule has 0 radical (unpaired) electrons. The van der Waals surface area contributed by atoms with Crippen molar-refractivity contribution in [2.45, 2.75) is 44.9 Å². The number of sulfone groups is 1. The van der Waals surface area contributed by atoms with E-state index in [2.05, 4.69) is 30.8 Å². The summed E-state index contributed by atoms with van der Waals surface area (Å²) in [6.07, 6.45) is -3.14. The molecule has 44 heavy (non-hydrogen) atoms. The lowest BCUT2D eigenvalue weighted by Crippen LogP contribution is -2.41. The number of aryl methyl sites for hydroxylation is 1. The molecule has 4 aromatic rings. The number of Topliss-reactive ketones (excluding diaryl/α,β-unsaturated/α-hetero) is 1. The van der Waals surface area contributed by atoms with Crippen molar-refractivity contribution in [3.05, 3.63) is 80.5 Å². The second-order valence-corrected chi connectivity index (χ2v) is 13.3. The molecule has 0 aliphatic carbocycles. The smallest absolute Gasteiger partial charge is 0.349 e. The van der Waals surface area contributed by atoms with E-state index in [9.17, 15) is 31.2 Å². The summed E-state index contributed by atoms with van der Waals surface area (Å²) in [6.45, 7) is 1.33. The Morgan fingerprint density at radius 2 is 1.84 bits per heavy atom. The fourth-order valence-corrected chi connectivity index (χ4v) is 6.69. The Labute approximate surface area is 258 Å². The van der Waals surface area contributed by atoms with Crippen LogP contribution in [0.3, 0.4) is 0 Å². The van der Waals surface area contributed by atoms with Gasteiger partial charge in [-0.2, -0.15) is 23.1 Å². The number of carbonyl (C=O) groups excluding carboxylic acids is 2. The maximum atomic E-state index is 13.8. The molecule has 232 valence electrons. The molecule has 1 saturated heterocycles. The van der Waals surface area contributed by atoms with Gasteiger partial charge in [0.05, 0.1) is 22.2 Å². The molecule has 18 heteroatoms. The Morgan fingerprint density at radius 1 is 1.11 bits per heavy atom. The van der Waals surface area contributed by atoms with E-state index in [4.69, 9.17) is 23.2 Å². The van der Waals surface area contributed by atoms with Crippen molar-refractivity contribution >= 4 is 44.7 Å². The Morgan fingerprint density at radius 3 is 2.50 bits per heavy atom. The zero-order valence-electron chi connectivity index (χ0n) is 22.8. The van der Waals surface area contributed by atoms with Crippen molar-refractivity contribution < 1.29 is 31.2 Å². The molecule has 12 nitrogen and oxygen atoms in total. The highest BCUT2D eigenvalue weighted by Gasteiger charge is 2.37. The molecule has 0 unspecified atom stereocenters. The molecule has 0 bridgehead atoms. The lowest BCUT2D eigenvalue weighted by atomic mass is 9.95. The summed E-state index contributed by atoms with van der Waals surface area (Å²) in [5, 5.41) is 17.4. The molecule has 0 spiro atoms. The van der Waals surface area contributed by atoms with Gasteiger partial charge in [-0.05, 0) is 66.4 Å². The fourth-order valence-electron chi connectivity index (χ4n) is 4.73. The second-order valence-electron chi connectivity index (χ2n) is 10.1. The van der Waals surface area contributed by atoms with Gasteiger partial charge < -0.3 is 5.32 Å². The highest BCUT2D eigenvalue weighted by molar-refractivity contribution is 7.91. The molecule has 5 rings (SSSR count). The van der Waals surface area contributed by atoms with E-state index in [0.29, 0.717) is 15.9 Å². The molecular weight excluding hydrogens is 648 g/mol. The first-order valence-corrected chi connectivity index (χ1v) is 15.7. The number of nitrogens with one attached hydrogen (secondary N) is 1. The van der Waals surface area contributed by atoms with Crippen LogP contribution in [0.1, 0.15) is 56.3 Å². The summed E-state index contributed by atoms with van der Waals surface area (Å²) in [4.78, 5) is 32.1. The summed E-state index contributed by atoms with van der Waals surface area (Å²) in [5.74, 6) is -2.45. The largest absolute Gasteiger partial charge is 0.455 e. The van der Waals surface area contributed by atoms with Crippen LogP contribution in [0.2, 0.25) is 10.0 Å². The zero-order valence-corrected chi connectivity index (χ0v) is 25.2. The summed E-state index contributed by atoms with van der Waals surface area (Å²) in [5.41, 5.74) is 1.16. The average Bonchev–Trinajstić information content (AvgIpc) is 3.59. The molecular formula is C26H23Cl2F3N8O4S. The van der Waals surface area contributed by atoms with Gasteiger partial charge in [0.25, 0.3) is 11.7 Å². The van der Waals surface area contributed by atoms with Gasteiger partial charge in [-0.3, -0.25) is 9.59 Å². The molecule has 3 aromatic heterocycles.